The number of hydrogen-bond acceptors (Lipinski definition) is 3. The van der Waals surface area contributed by atoms with Crippen LogP contribution in [0.2, 0.25) is 0 Å². The summed E-state index contributed by atoms with van der Waals surface area (Å²) in [5, 5.41) is 9.44. The minimum atomic E-state index is -4.73. The molecule has 0 amide bonds. The van der Waals surface area contributed by atoms with E-state index in [2.05, 4.69) is 4.74 Å². The van der Waals surface area contributed by atoms with Crippen LogP contribution in [0.3, 0.4) is 0 Å². The van der Waals surface area contributed by atoms with Crippen molar-refractivity contribution in [2.75, 3.05) is 0 Å². The summed E-state index contributed by atoms with van der Waals surface area (Å²) in [5.41, 5.74) is 2.39. The van der Waals surface area contributed by atoms with Gasteiger partial charge in [0.05, 0.1) is 0 Å². The second kappa shape index (κ2) is 5.46. The lowest BCUT2D eigenvalue weighted by atomic mass is 10.1. The summed E-state index contributed by atoms with van der Waals surface area (Å²) in [6.45, 7) is 0. The molecular formula is C17H11F3O3. The highest BCUT2D eigenvalue weighted by atomic mass is 19.4. The standard InChI is InChI=1S/C17H11F3O3/c18-17(19,20)23-14-5-1-10(2-6-14)7-12-8-11-3-4-13(21)9-15(11)16(12)22/h1-7,9,21H,8H2/b12-7+. The number of phenolic OH excluding ortho intramolecular Hbond substituents is 1. The van der Waals surface area contributed by atoms with E-state index in [1.54, 1.807) is 12.1 Å². The molecule has 3 nitrogen and oxygen atoms in total. The summed E-state index contributed by atoms with van der Waals surface area (Å²) in [7, 11) is 0. The normalized spacial score (nSPS) is 15.8. The number of benzene rings is 2. The first-order chi connectivity index (χ1) is 10.8. The van der Waals surface area contributed by atoms with Crippen molar-refractivity contribution < 1.29 is 27.8 Å². The Balaban J connectivity index is 1.82. The fourth-order valence-electron chi connectivity index (χ4n) is 2.47. The number of fused-ring (bicyclic) bond motifs is 1. The van der Waals surface area contributed by atoms with Gasteiger partial charge in [-0.3, -0.25) is 4.79 Å². The van der Waals surface area contributed by atoms with E-state index in [4.69, 9.17) is 0 Å². The van der Waals surface area contributed by atoms with Crippen molar-refractivity contribution >= 4 is 11.9 Å². The molecule has 1 aliphatic rings. The zero-order valence-electron chi connectivity index (χ0n) is 11.7. The molecule has 0 aliphatic heterocycles. The zero-order valence-corrected chi connectivity index (χ0v) is 11.7. The quantitative estimate of drug-likeness (QED) is 0.847. The van der Waals surface area contributed by atoms with Gasteiger partial charge in [-0.2, -0.15) is 0 Å². The van der Waals surface area contributed by atoms with Gasteiger partial charge in [-0.15, -0.1) is 13.2 Å². The number of carbonyl (C=O) groups is 1. The largest absolute Gasteiger partial charge is 0.573 e. The molecule has 0 fully saturated rings. The second-order valence-corrected chi connectivity index (χ2v) is 5.13. The Morgan fingerprint density at radius 1 is 1.09 bits per heavy atom. The second-order valence-electron chi connectivity index (χ2n) is 5.13. The Morgan fingerprint density at radius 2 is 1.78 bits per heavy atom. The average Bonchev–Trinajstić information content (AvgIpc) is 2.76. The maximum Gasteiger partial charge on any atom is 0.573 e. The average molecular weight is 320 g/mol. The molecule has 0 atom stereocenters. The summed E-state index contributed by atoms with van der Waals surface area (Å²) in [6, 6.07) is 9.89. The maximum absolute atomic E-state index is 12.3. The summed E-state index contributed by atoms with van der Waals surface area (Å²) in [6.07, 6.45) is -2.68. The number of aromatic hydroxyl groups is 1. The van der Waals surface area contributed by atoms with Gasteiger partial charge < -0.3 is 9.84 Å². The molecule has 0 heterocycles. The Hall–Kier alpha value is -2.76. The number of rotatable bonds is 2. The SMILES string of the molecule is O=C1/C(=C/c2ccc(OC(F)(F)F)cc2)Cc2ccc(O)cc21. The Bertz CT molecular complexity index is 790. The van der Waals surface area contributed by atoms with E-state index >= 15 is 0 Å². The van der Waals surface area contributed by atoms with Gasteiger partial charge >= 0.3 is 6.36 Å². The lowest BCUT2D eigenvalue weighted by Gasteiger charge is -2.08. The molecular weight excluding hydrogens is 309 g/mol. The van der Waals surface area contributed by atoms with Gasteiger partial charge in [0.15, 0.2) is 5.78 Å². The van der Waals surface area contributed by atoms with Gasteiger partial charge in [0.1, 0.15) is 11.5 Å². The number of phenols is 1. The fraction of sp³-hybridized carbons (Fsp3) is 0.118. The van der Waals surface area contributed by atoms with Crippen LogP contribution in [0.4, 0.5) is 13.2 Å². The molecule has 0 saturated carbocycles. The van der Waals surface area contributed by atoms with E-state index in [0.717, 1.165) is 5.56 Å². The lowest BCUT2D eigenvalue weighted by Crippen LogP contribution is -2.16. The van der Waals surface area contributed by atoms with Crippen LogP contribution in [0, 0.1) is 0 Å². The number of allylic oxidation sites excluding steroid dienone is 1. The van der Waals surface area contributed by atoms with Gasteiger partial charge in [-0.05, 0) is 41.5 Å². The topological polar surface area (TPSA) is 46.5 Å². The van der Waals surface area contributed by atoms with Crippen LogP contribution in [0.15, 0.2) is 48.0 Å². The molecule has 3 rings (SSSR count). The Kier molecular flexibility index (Phi) is 3.60. The molecule has 0 spiro atoms. The third-order valence-electron chi connectivity index (χ3n) is 3.47. The maximum atomic E-state index is 12.3. The van der Waals surface area contributed by atoms with Gasteiger partial charge in [0, 0.05) is 17.6 Å². The minimum Gasteiger partial charge on any atom is -0.508 e. The summed E-state index contributed by atoms with van der Waals surface area (Å²) in [4.78, 5) is 12.3. The van der Waals surface area contributed by atoms with Crippen molar-refractivity contribution in [1.82, 2.24) is 0 Å². The number of carbonyl (C=O) groups excluding carboxylic acids is 1. The minimum absolute atomic E-state index is 0.0204. The molecule has 6 heteroatoms. The molecule has 23 heavy (non-hydrogen) atoms. The molecule has 0 aromatic heterocycles. The molecule has 0 bridgehead atoms. The van der Waals surface area contributed by atoms with Crippen molar-refractivity contribution in [2.45, 2.75) is 12.8 Å². The molecule has 0 unspecified atom stereocenters. The van der Waals surface area contributed by atoms with E-state index in [0.29, 0.717) is 23.1 Å². The van der Waals surface area contributed by atoms with Crippen LogP contribution in [0.25, 0.3) is 6.08 Å². The van der Waals surface area contributed by atoms with Crippen LogP contribution < -0.4 is 4.74 Å². The van der Waals surface area contributed by atoms with Gasteiger partial charge in [-0.25, -0.2) is 0 Å². The van der Waals surface area contributed by atoms with Crippen molar-refractivity contribution in [1.29, 1.82) is 0 Å². The van der Waals surface area contributed by atoms with Crippen LogP contribution in [-0.4, -0.2) is 17.3 Å². The monoisotopic (exact) mass is 320 g/mol. The highest BCUT2D eigenvalue weighted by molar-refractivity contribution is 6.15. The van der Waals surface area contributed by atoms with Crippen molar-refractivity contribution in [3.05, 3.63) is 64.7 Å². The van der Waals surface area contributed by atoms with Crippen molar-refractivity contribution in [3.63, 3.8) is 0 Å². The number of ether oxygens (including phenoxy) is 1. The molecule has 118 valence electrons. The zero-order chi connectivity index (χ0) is 16.6. The number of Topliss-reactive ketones (excluding diaryl/α,β-unsaturated/α-hetero) is 1. The lowest BCUT2D eigenvalue weighted by molar-refractivity contribution is -0.274. The predicted octanol–water partition coefficient (Wildman–Crippen LogP) is 4.11. The fourth-order valence-corrected chi connectivity index (χ4v) is 2.47. The first-order valence-corrected chi connectivity index (χ1v) is 6.75. The third kappa shape index (κ3) is 3.36. The molecule has 1 aliphatic carbocycles. The van der Waals surface area contributed by atoms with Crippen molar-refractivity contribution in [3.8, 4) is 11.5 Å². The van der Waals surface area contributed by atoms with E-state index in [1.165, 1.54) is 36.4 Å². The Morgan fingerprint density at radius 3 is 2.43 bits per heavy atom. The molecule has 1 N–H and O–H groups in total. The summed E-state index contributed by atoms with van der Waals surface area (Å²) in [5.74, 6) is -0.482. The van der Waals surface area contributed by atoms with Gasteiger partial charge in [-0.1, -0.05) is 18.2 Å². The molecule has 2 aromatic rings. The molecule has 0 saturated heterocycles. The summed E-state index contributed by atoms with van der Waals surface area (Å²) < 4.78 is 40.1. The van der Waals surface area contributed by atoms with E-state index in [9.17, 15) is 23.1 Å². The first-order valence-electron chi connectivity index (χ1n) is 6.75. The van der Waals surface area contributed by atoms with Gasteiger partial charge in [0.2, 0.25) is 0 Å². The predicted molar refractivity (Wildman–Crippen MR) is 77.2 cm³/mol. The number of alkyl halides is 3. The highest BCUT2D eigenvalue weighted by Gasteiger charge is 2.31. The molecule has 2 aromatic carbocycles. The smallest absolute Gasteiger partial charge is 0.508 e. The number of halogens is 3. The molecule has 0 radical (unpaired) electrons. The van der Waals surface area contributed by atoms with E-state index < -0.39 is 6.36 Å². The number of ketones is 1. The first kappa shape index (κ1) is 15.1. The van der Waals surface area contributed by atoms with Crippen LogP contribution in [0.5, 0.6) is 11.5 Å². The highest BCUT2D eigenvalue weighted by Crippen LogP contribution is 2.30. The Labute approximate surface area is 129 Å². The van der Waals surface area contributed by atoms with E-state index in [-0.39, 0.29) is 17.3 Å². The van der Waals surface area contributed by atoms with Crippen LogP contribution >= 0.6 is 0 Å². The van der Waals surface area contributed by atoms with E-state index in [1.807, 2.05) is 0 Å². The number of hydrogen-bond donors (Lipinski definition) is 1. The van der Waals surface area contributed by atoms with Crippen LogP contribution in [-0.2, 0) is 6.42 Å². The third-order valence-corrected chi connectivity index (χ3v) is 3.47. The van der Waals surface area contributed by atoms with Gasteiger partial charge in [0.25, 0.3) is 0 Å². The van der Waals surface area contributed by atoms with Crippen LogP contribution in [0.1, 0.15) is 21.5 Å². The van der Waals surface area contributed by atoms with Crippen molar-refractivity contribution in [2.24, 2.45) is 0 Å². The summed E-state index contributed by atoms with van der Waals surface area (Å²) >= 11 is 0.